The van der Waals surface area contributed by atoms with E-state index in [0.717, 1.165) is 38.3 Å². The monoisotopic (exact) mass is 279 g/mol. The molecule has 0 atom stereocenters. The maximum absolute atomic E-state index is 11.8. The summed E-state index contributed by atoms with van der Waals surface area (Å²) in [7, 11) is 0. The highest BCUT2D eigenvalue weighted by Crippen LogP contribution is 2.20. The molecule has 5 nitrogen and oxygen atoms in total. The molecular formula is C15H25N3O2. The molecule has 0 heterocycles. The van der Waals surface area contributed by atoms with E-state index >= 15 is 0 Å². The molecule has 1 aromatic carbocycles. The zero-order valence-electron chi connectivity index (χ0n) is 12.4. The van der Waals surface area contributed by atoms with Crippen LogP contribution in [-0.4, -0.2) is 32.2 Å². The number of carbonyl (C=O) groups excluding carboxylic acids is 1. The van der Waals surface area contributed by atoms with Crippen LogP contribution in [0.5, 0.6) is 0 Å². The van der Waals surface area contributed by atoms with Crippen LogP contribution in [0.3, 0.4) is 0 Å². The molecule has 0 aliphatic rings. The van der Waals surface area contributed by atoms with Crippen LogP contribution in [0.25, 0.3) is 0 Å². The highest BCUT2D eigenvalue weighted by molar-refractivity contribution is 5.96. The molecule has 0 radical (unpaired) electrons. The molecule has 5 heteroatoms. The molecule has 1 aromatic rings. The summed E-state index contributed by atoms with van der Waals surface area (Å²) in [6, 6.07) is 5.27. The first-order chi connectivity index (χ1) is 9.69. The summed E-state index contributed by atoms with van der Waals surface area (Å²) in [5.74, 6) is -0.0816. The highest BCUT2D eigenvalue weighted by atomic mass is 16.5. The van der Waals surface area contributed by atoms with Crippen molar-refractivity contribution in [2.45, 2.75) is 26.7 Å². The fraction of sp³-hybridized carbons (Fsp3) is 0.533. The van der Waals surface area contributed by atoms with Gasteiger partial charge in [-0.2, -0.15) is 0 Å². The normalized spacial score (nSPS) is 10.3. The van der Waals surface area contributed by atoms with Gasteiger partial charge < -0.3 is 21.1 Å². The Morgan fingerprint density at radius 1 is 1.30 bits per heavy atom. The number of rotatable bonds is 9. The van der Waals surface area contributed by atoms with Crippen molar-refractivity contribution in [3.05, 3.63) is 23.8 Å². The summed E-state index contributed by atoms with van der Waals surface area (Å²) < 4.78 is 5.41. The van der Waals surface area contributed by atoms with Crippen LogP contribution in [0, 0.1) is 0 Å². The van der Waals surface area contributed by atoms with Gasteiger partial charge in [0, 0.05) is 31.9 Å². The van der Waals surface area contributed by atoms with Gasteiger partial charge in [0.05, 0.1) is 11.4 Å². The molecule has 0 bridgehead atoms. The van der Waals surface area contributed by atoms with E-state index < -0.39 is 0 Å². The Bertz CT molecular complexity index is 422. The van der Waals surface area contributed by atoms with Crippen LogP contribution < -0.4 is 16.4 Å². The molecule has 1 rings (SSSR count). The summed E-state index contributed by atoms with van der Waals surface area (Å²) >= 11 is 0. The highest BCUT2D eigenvalue weighted by Gasteiger charge is 2.07. The van der Waals surface area contributed by atoms with Crippen molar-refractivity contribution in [3.63, 3.8) is 0 Å². The molecule has 0 unspecified atom stereocenters. The van der Waals surface area contributed by atoms with Gasteiger partial charge in [-0.25, -0.2) is 0 Å². The second-order valence-corrected chi connectivity index (χ2v) is 4.55. The number of hydrogen-bond acceptors (Lipinski definition) is 4. The van der Waals surface area contributed by atoms with Gasteiger partial charge in [-0.05, 0) is 38.0 Å². The van der Waals surface area contributed by atoms with Gasteiger partial charge in [0.25, 0.3) is 5.91 Å². The van der Waals surface area contributed by atoms with E-state index in [0.29, 0.717) is 17.8 Å². The Morgan fingerprint density at radius 2 is 2.10 bits per heavy atom. The third-order valence-corrected chi connectivity index (χ3v) is 2.78. The molecular weight excluding hydrogens is 254 g/mol. The number of nitrogens with two attached hydrogens (primary N) is 1. The van der Waals surface area contributed by atoms with Gasteiger partial charge in [0.15, 0.2) is 0 Å². The summed E-state index contributed by atoms with van der Waals surface area (Å²) in [5, 5.41) is 6.01. The number of nitrogen functional groups attached to an aromatic ring is 1. The van der Waals surface area contributed by atoms with E-state index in [4.69, 9.17) is 10.5 Å². The summed E-state index contributed by atoms with van der Waals surface area (Å²) in [4.78, 5) is 11.8. The van der Waals surface area contributed by atoms with Gasteiger partial charge in [0.2, 0.25) is 0 Å². The van der Waals surface area contributed by atoms with E-state index in [9.17, 15) is 4.79 Å². The van der Waals surface area contributed by atoms with Crippen LogP contribution in [0.4, 0.5) is 11.4 Å². The molecule has 0 spiro atoms. The molecule has 20 heavy (non-hydrogen) atoms. The van der Waals surface area contributed by atoms with Gasteiger partial charge in [-0.15, -0.1) is 0 Å². The van der Waals surface area contributed by atoms with E-state index in [1.807, 2.05) is 6.92 Å². The lowest BCUT2D eigenvalue weighted by atomic mass is 10.1. The van der Waals surface area contributed by atoms with E-state index in [1.54, 1.807) is 18.2 Å². The number of anilines is 2. The van der Waals surface area contributed by atoms with E-state index in [1.165, 1.54) is 0 Å². The first-order valence-corrected chi connectivity index (χ1v) is 7.18. The predicted octanol–water partition coefficient (Wildman–Crippen LogP) is 2.25. The van der Waals surface area contributed by atoms with Crippen molar-refractivity contribution in [2.24, 2.45) is 0 Å². The molecule has 4 N–H and O–H groups in total. The Hall–Kier alpha value is -1.75. The number of amides is 1. The maximum atomic E-state index is 11.8. The van der Waals surface area contributed by atoms with Crippen LogP contribution in [0.15, 0.2) is 18.2 Å². The van der Waals surface area contributed by atoms with Crippen molar-refractivity contribution in [3.8, 4) is 0 Å². The second kappa shape index (κ2) is 9.20. The van der Waals surface area contributed by atoms with E-state index in [-0.39, 0.29) is 5.91 Å². The van der Waals surface area contributed by atoms with Crippen LogP contribution in [-0.2, 0) is 4.74 Å². The third kappa shape index (κ3) is 5.48. The number of carbonyl (C=O) groups is 1. The fourth-order valence-electron chi connectivity index (χ4n) is 1.76. The first-order valence-electron chi connectivity index (χ1n) is 7.18. The zero-order valence-corrected chi connectivity index (χ0v) is 12.4. The fourth-order valence-corrected chi connectivity index (χ4v) is 1.76. The number of nitrogens with one attached hydrogen (secondary N) is 2. The van der Waals surface area contributed by atoms with Crippen molar-refractivity contribution >= 4 is 17.3 Å². The van der Waals surface area contributed by atoms with Gasteiger partial charge in [-0.3, -0.25) is 4.79 Å². The quantitative estimate of drug-likeness (QED) is 0.478. The third-order valence-electron chi connectivity index (χ3n) is 2.78. The minimum absolute atomic E-state index is 0.0816. The second-order valence-electron chi connectivity index (χ2n) is 4.55. The average molecular weight is 279 g/mol. The molecule has 0 saturated heterocycles. The number of hydrogen-bond donors (Lipinski definition) is 3. The number of ether oxygens (including phenoxy) is 1. The molecule has 0 aromatic heterocycles. The van der Waals surface area contributed by atoms with Gasteiger partial charge in [0.1, 0.15) is 0 Å². The lowest BCUT2D eigenvalue weighted by Crippen LogP contribution is -2.22. The minimum Gasteiger partial charge on any atom is -0.397 e. The lowest BCUT2D eigenvalue weighted by molar-refractivity contribution is 0.0956. The molecule has 1 amide bonds. The Balaban J connectivity index is 2.48. The Morgan fingerprint density at radius 3 is 2.80 bits per heavy atom. The van der Waals surface area contributed by atoms with Crippen molar-refractivity contribution < 1.29 is 9.53 Å². The maximum Gasteiger partial charge on any atom is 0.251 e. The molecule has 0 fully saturated rings. The summed E-state index contributed by atoms with van der Waals surface area (Å²) in [5.41, 5.74) is 7.96. The van der Waals surface area contributed by atoms with Crippen molar-refractivity contribution in [1.82, 2.24) is 5.32 Å². The minimum atomic E-state index is -0.0816. The molecule has 112 valence electrons. The van der Waals surface area contributed by atoms with Gasteiger partial charge in [-0.1, -0.05) is 6.92 Å². The predicted molar refractivity (Wildman–Crippen MR) is 83.1 cm³/mol. The first kappa shape index (κ1) is 16.3. The topological polar surface area (TPSA) is 76.4 Å². The smallest absolute Gasteiger partial charge is 0.251 e. The number of benzene rings is 1. The summed E-state index contributed by atoms with van der Waals surface area (Å²) in [6.07, 6.45) is 1.94. The Labute approximate surface area is 120 Å². The van der Waals surface area contributed by atoms with E-state index in [2.05, 4.69) is 17.6 Å². The van der Waals surface area contributed by atoms with Crippen LogP contribution in [0.2, 0.25) is 0 Å². The van der Waals surface area contributed by atoms with Gasteiger partial charge >= 0.3 is 0 Å². The van der Waals surface area contributed by atoms with Crippen molar-refractivity contribution in [2.75, 3.05) is 37.4 Å². The lowest BCUT2D eigenvalue weighted by Gasteiger charge is -2.11. The van der Waals surface area contributed by atoms with Crippen LogP contribution >= 0.6 is 0 Å². The molecule has 0 aliphatic carbocycles. The largest absolute Gasteiger partial charge is 0.397 e. The summed E-state index contributed by atoms with van der Waals surface area (Å²) in [6.45, 7) is 6.90. The van der Waals surface area contributed by atoms with Crippen molar-refractivity contribution in [1.29, 1.82) is 0 Å². The van der Waals surface area contributed by atoms with Crippen LogP contribution in [0.1, 0.15) is 37.0 Å². The molecule has 0 aliphatic heterocycles. The SMILES string of the molecule is CCCOCCCNc1cc(C(=O)NCC)ccc1N. The average Bonchev–Trinajstić information content (AvgIpc) is 2.44. The molecule has 0 saturated carbocycles. The Kier molecular flexibility index (Phi) is 7.50. The standard InChI is InChI=1S/C15H25N3O2/c1-3-9-20-10-5-8-18-14-11-12(6-7-13(14)16)15(19)17-4-2/h6-7,11,18H,3-5,8-10,16H2,1-2H3,(H,17,19). The zero-order chi connectivity index (χ0) is 14.8.